The Bertz CT molecular complexity index is 1950. The average Bonchev–Trinajstić information content (AvgIpc) is 2.97. The van der Waals surface area contributed by atoms with Crippen LogP contribution in [0.1, 0.15) is 114 Å². The van der Waals surface area contributed by atoms with Gasteiger partial charge in [-0.15, -0.1) is 0 Å². The molecule has 4 N–H and O–H groups in total. The molecule has 2 aromatic rings. The van der Waals surface area contributed by atoms with E-state index in [1.165, 1.54) is 0 Å². The van der Waals surface area contributed by atoms with Gasteiger partial charge in [-0.25, -0.2) is 4.99 Å². The summed E-state index contributed by atoms with van der Waals surface area (Å²) in [5, 5.41) is 9.11. The molecule has 0 unspecified atom stereocenters. The summed E-state index contributed by atoms with van der Waals surface area (Å²) in [6.45, 7) is 18.4. The number of likely N-dealkylation sites (N-methyl/N-ethyl adjacent to an activating group) is 2. The number of hydrogen-bond donors (Lipinski definition) is 4. The predicted molar refractivity (Wildman–Crippen MR) is 203 cm³/mol. The predicted octanol–water partition coefficient (Wildman–Crippen LogP) is 4.67. The Morgan fingerprint density at radius 1 is 0.686 bits per heavy atom. The average molecular weight is 743 g/mol. The second-order valence-corrected chi connectivity index (χ2v) is 18.5. The molecule has 0 amide bonds. The fourth-order valence-electron chi connectivity index (χ4n) is 8.43. The summed E-state index contributed by atoms with van der Waals surface area (Å²) in [5.74, 6) is -1.90. The summed E-state index contributed by atoms with van der Waals surface area (Å²) in [4.78, 5) is 19.2. The Hall–Kier alpha value is -3.52. The Morgan fingerprint density at radius 2 is 1.12 bits per heavy atom. The number of rotatable bonds is 12. The molecule has 0 bridgehead atoms. The standard InChI is InChI=1S/C38H51N3O8S2/c1-9-40-32-18-30-28(16-26(32)24(20-36(40,3)4)22-50(44,45)46)35(39-15-13-11-12-14-34(42)43)29-17-27-25(23-51(47,48)49)21-37(5,6)41(10-2)33(27)19-31(29)38(30,7)8/h16-21H,9-15,22-23H2,1-8H3,(H,42,43)(H,44,45,46)(H,47,48,49)/p+1. The Kier molecular flexibility index (Phi) is 10.2. The molecule has 0 radical (unpaired) electrons. The fourth-order valence-corrected chi connectivity index (χ4v) is 9.69. The molecule has 0 atom stereocenters. The van der Waals surface area contributed by atoms with Gasteiger partial charge in [0.2, 0.25) is 5.71 Å². The lowest BCUT2D eigenvalue weighted by Crippen LogP contribution is -2.74. The third-order valence-electron chi connectivity index (χ3n) is 10.6. The highest BCUT2D eigenvalue weighted by molar-refractivity contribution is 7.86. The van der Waals surface area contributed by atoms with Crippen LogP contribution in [0.4, 0.5) is 11.4 Å². The first-order chi connectivity index (χ1) is 23.5. The number of anilines is 2. The van der Waals surface area contributed by atoms with Crippen LogP contribution in [0, 0.1) is 0 Å². The molecule has 0 aromatic heterocycles. The number of fused-ring (bicyclic) bond motifs is 4. The molecule has 11 nitrogen and oxygen atoms in total. The molecule has 0 saturated carbocycles. The first kappa shape index (κ1) is 38.7. The highest BCUT2D eigenvalue weighted by Gasteiger charge is 2.44. The van der Waals surface area contributed by atoms with Gasteiger partial charge in [-0.3, -0.25) is 13.9 Å². The van der Waals surface area contributed by atoms with Crippen LogP contribution in [0.3, 0.4) is 0 Å². The number of carboxylic acid groups (broad SMARTS) is 1. The summed E-state index contributed by atoms with van der Waals surface area (Å²) in [6.07, 6.45) is 5.86. The summed E-state index contributed by atoms with van der Waals surface area (Å²) in [5.41, 5.74) is 7.10. The van der Waals surface area contributed by atoms with E-state index in [2.05, 4.69) is 54.6 Å². The van der Waals surface area contributed by atoms with E-state index in [1.54, 1.807) is 0 Å². The van der Waals surface area contributed by atoms with E-state index in [0.717, 1.165) is 39.3 Å². The highest BCUT2D eigenvalue weighted by atomic mass is 32.2. The van der Waals surface area contributed by atoms with Gasteiger partial charge < -0.3 is 14.9 Å². The van der Waals surface area contributed by atoms with Crippen molar-refractivity contribution in [2.24, 2.45) is 0 Å². The van der Waals surface area contributed by atoms with Crippen LogP contribution < -0.4 is 14.8 Å². The molecular formula is C38H52N3O8S2+. The lowest BCUT2D eigenvalue weighted by Gasteiger charge is -2.46. The van der Waals surface area contributed by atoms with Gasteiger partial charge in [0.15, 0.2) is 0 Å². The van der Waals surface area contributed by atoms with E-state index in [0.29, 0.717) is 61.2 Å². The van der Waals surface area contributed by atoms with E-state index in [-0.39, 0.29) is 6.42 Å². The third kappa shape index (κ3) is 7.67. The number of nitrogens with zero attached hydrogens (tertiary/aromatic N) is 2. The van der Waals surface area contributed by atoms with Crippen molar-refractivity contribution in [3.05, 3.63) is 69.8 Å². The normalized spacial score (nSPS) is 18.6. The third-order valence-corrected chi connectivity index (χ3v) is 11.9. The van der Waals surface area contributed by atoms with Gasteiger partial charge in [0, 0.05) is 53.8 Å². The maximum Gasteiger partial charge on any atom is 0.303 e. The molecule has 51 heavy (non-hydrogen) atoms. The number of carboxylic acids is 1. The second kappa shape index (κ2) is 13.5. The molecule has 2 aromatic carbocycles. The smallest absolute Gasteiger partial charge is 0.303 e. The molecule has 3 aliphatic rings. The minimum Gasteiger partial charge on any atom is -0.481 e. The van der Waals surface area contributed by atoms with Crippen molar-refractivity contribution < 1.29 is 40.8 Å². The lowest BCUT2D eigenvalue weighted by atomic mass is 9.66. The minimum atomic E-state index is -4.36. The number of carbonyl (C=O) groups is 1. The monoisotopic (exact) mass is 742 g/mol. The number of unbranched alkanes of at least 4 members (excludes halogenated alkanes) is 2. The molecule has 2 aliphatic heterocycles. The fraction of sp³-hybridized carbons (Fsp3) is 0.526. The molecule has 1 aliphatic carbocycles. The van der Waals surface area contributed by atoms with Crippen molar-refractivity contribution >= 4 is 54.4 Å². The maximum atomic E-state index is 12.3. The Labute approximate surface area is 302 Å². The molecule has 0 spiro atoms. The van der Waals surface area contributed by atoms with Crippen molar-refractivity contribution in [2.75, 3.05) is 40.9 Å². The second-order valence-electron chi connectivity index (χ2n) is 15.5. The lowest BCUT2D eigenvalue weighted by molar-refractivity contribution is -0.456. The zero-order valence-corrected chi connectivity index (χ0v) is 32.6. The van der Waals surface area contributed by atoms with E-state index < -0.39 is 54.2 Å². The van der Waals surface area contributed by atoms with Gasteiger partial charge in [0.1, 0.15) is 18.1 Å². The maximum absolute atomic E-state index is 12.3. The van der Waals surface area contributed by atoms with Crippen molar-refractivity contribution in [1.29, 1.82) is 0 Å². The van der Waals surface area contributed by atoms with Crippen molar-refractivity contribution in [1.82, 2.24) is 0 Å². The summed E-state index contributed by atoms with van der Waals surface area (Å²) in [7, 11) is -8.71. The van der Waals surface area contributed by atoms with Gasteiger partial charge in [-0.1, -0.05) is 26.0 Å². The topological polar surface area (TPSA) is 166 Å². The number of nitrogens with one attached hydrogen (secondary N) is 1. The van der Waals surface area contributed by atoms with Crippen LogP contribution in [-0.4, -0.2) is 84.9 Å². The Morgan fingerprint density at radius 3 is 1.49 bits per heavy atom. The van der Waals surface area contributed by atoms with Crippen molar-refractivity contribution in [3.63, 3.8) is 0 Å². The highest BCUT2D eigenvalue weighted by Crippen LogP contribution is 2.50. The molecule has 5 rings (SSSR count). The van der Waals surface area contributed by atoms with Gasteiger partial charge in [0.25, 0.3) is 20.2 Å². The van der Waals surface area contributed by atoms with Crippen molar-refractivity contribution in [2.45, 2.75) is 97.6 Å². The first-order valence-electron chi connectivity index (χ1n) is 17.6. The van der Waals surface area contributed by atoms with Gasteiger partial charge in [-0.05, 0) is 101 Å². The van der Waals surface area contributed by atoms with Crippen LogP contribution in [0.5, 0.6) is 0 Å². The molecule has 0 fully saturated rings. The molecule has 13 heteroatoms. The Balaban J connectivity index is 1.80. The van der Waals surface area contributed by atoms with Crippen molar-refractivity contribution in [3.8, 4) is 0 Å². The summed E-state index contributed by atoms with van der Waals surface area (Å²) >= 11 is 0. The zero-order chi connectivity index (χ0) is 37.9. The molecular weight excluding hydrogens is 691 g/mol. The van der Waals surface area contributed by atoms with Gasteiger partial charge >= 0.3 is 5.97 Å². The largest absolute Gasteiger partial charge is 0.481 e. The number of hydrogen-bond acceptors (Lipinski definition) is 7. The molecule has 2 heterocycles. The van der Waals surface area contributed by atoms with E-state index in [1.807, 2.05) is 52.0 Å². The van der Waals surface area contributed by atoms with Crippen LogP contribution in [0.15, 0.2) is 36.4 Å². The molecule has 278 valence electrons. The van der Waals surface area contributed by atoms with Gasteiger partial charge in [-0.2, -0.15) is 16.8 Å². The van der Waals surface area contributed by atoms with Crippen LogP contribution in [0.2, 0.25) is 0 Å². The van der Waals surface area contributed by atoms with Crippen LogP contribution in [-0.2, 0) is 30.4 Å². The van der Waals surface area contributed by atoms with Crippen LogP contribution >= 0.6 is 0 Å². The van der Waals surface area contributed by atoms with Gasteiger partial charge in [0.05, 0.1) is 22.2 Å². The van der Waals surface area contributed by atoms with E-state index >= 15 is 0 Å². The quantitative estimate of drug-likeness (QED) is 0.177. The van der Waals surface area contributed by atoms with E-state index in [4.69, 9.17) is 5.11 Å². The zero-order valence-electron chi connectivity index (χ0n) is 30.9. The minimum absolute atomic E-state index is 0.0923. The first-order valence-corrected chi connectivity index (χ1v) is 20.8. The van der Waals surface area contributed by atoms with Crippen LogP contribution in [0.25, 0.3) is 11.1 Å². The summed E-state index contributed by atoms with van der Waals surface area (Å²) in [6, 6.07) is 8.31. The summed E-state index contributed by atoms with van der Waals surface area (Å²) < 4.78 is 69.2. The number of benzene rings is 2. The van der Waals surface area contributed by atoms with E-state index in [9.17, 15) is 30.7 Å². The molecule has 0 saturated heterocycles. The SMILES string of the molecule is CCN1c2cc3c(cc2C(CS(=O)(=O)O)=CC1(C)C)C(=[NH+]CCCCCC(=O)O)c1cc2c(cc1C3(C)C)N(CC)C(C)(C)C=C2CS(=O)(=O)O. The number of aliphatic carboxylic acids is 1.